The van der Waals surface area contributed by atoms with Gasteiger partial charge in [0.1, 0.15) is 0 Å². The van der Waals surface area contributed by atoms with Gasteiger partial charge in [0, 0.05) is 0 Å². The van der Waals surface area contributed by atoms with E-state index in [9.17, 15) is 31.5 Å². The van der Waals surface area contributed by atoms with Crippen molar-refractivity contribution in [1.29, 1.82) is 0 Å². The second kappa shape index (κ2) is 5.66. The third-order valence-electron chi connectivity index (χ3n) is 2.73. The number of alkyl halides is 3. The van der Waals surface area contributed by atoms with Gasteiger partial charge in [-0.1, -0.05) is 6.07 Å². The number of carboxylic acids is 1. The monoisotopic (exact) mass is 311 g/mol. The smallest absolute Gasteiger partial charge is 0.422 e. The van der Waals surface area contributed by atoms with Gasteiger partial charge in [0.25, 0.3) is 0 Å². The molecular weight excluding hydrogens is 301 g/mol. The van der Waals surface area contributed by atoms with Gasteiger partial charge < -0.3 is 10.4 Å². The van der Waals surface area contributed by atoms with E-state index in [1.807, 2.05) is 0 Å². The lowest BCUT2D eigenvalue weighted by Gasteiger charge is -2.28. The van der Waals surface area contributed by atoms with Crippen molar-refractivity contribution in [2.24, 2.45) is 0 Å². The highest BCUT2D eigenvalue weighted by Gasteiger charge is 2.58. The Hall–Kier alpha value is -2.19. The molecule has 1 aromatic rings. The summed E-state index contributed by atoms with van der Waals surface area (Å²) in [7, 11) is 0. The molecule has 0 bridgehead atoms. The number of carbonyl (C=O) groups is 2. The average Bonchev–Trinajstić information content (AvgIpc) is 2.32. The minimum absolute atomic E-state index is 0.0960. The van der Waals surface area contributed by atoms with Crippen LogP contribution in [0, 0.1) is 11.6 Å². The fraction of sp³-hybridized carbons (Fsp3) is 0.333. The van der Waals surface area contributed by atoms with Crippen LogP contribution in [-0.4, -0.2) is 28.7 Å². The normalized spacial score (nSPS) is 14.4. The highest BCUT2D eigenvalue weighted by atomic mass is 19.4. The zero-order chi connectivity index (χ0) is 16.4. The molecule has 116 valence electrons. The van der Waals surface area contributed by atoms with Crippen molar-refractivity contribution < 1.29 is 36.6 Å². The third-order valence-corrected chi connectivity index (χ3v) is 2.73. The minimum Gasteiger partial charge on any atom is -0.479 e. The number of halogens is 5. The molecule has 0 radical (unpaired) electrons. The maximum absolute atomic E-state index is 12.9. The molecule has 0 aliphatic rings. The highest BCUT2D eigenvalue weighted by Crippen LogP contribution is 2.30. The van der Waals surface area contributed by atoms with E-state index in [1.54, 1.807) is 0 Å². The van der Waals surface area contributed by atoms with Crippen LogP contribution in [0.4, 0.5) is 22.0 Å². The molecule has 21 heavy (non-hydrogen) atoms. The van der Waals surface area contributed by atoms with E-state index in [4.69, 9.17) is 5.11 Å². The molecule has 0 spiro atoms. The van der Waals surface area contributed by atoms with Crippen LogP contribution in [0.15, 0.2) is 18.2 Å². The number of carboxylic acid groups (broad SMARTS) is 1. The molecular formula is C12H10F5NO3. The number of benzene rings is 1. The summed E-state index contributed by atoms with van der Waals surface area (Å²) in [6, 6.07) is 2.35. The van der Waals surface area contributed by atoms with E-state index in [0.29, 0.717) is 19.1 Å². The second-order valence-electron chi connectivity index (χ2n) is 4.40. The predicted octanol–water partition coefficient (Wildman–Crippen LogP) is 2.03. The van der Waals surface area contributed by atoms with E-state index in [-0.39, 0.29) is 5.56 Å². The summed E-state index contributed by atoms with van der Waals surface area (Å²) >= 11 is 0. The van der Waals surface area contributed by atoms with Crippen molar-refractivity contribution in [3.63, 3.8) is 0 Å². The van der Waals surface area contributed by atoms with E-state index in [2.05, 4.69) is 0 Å². The van der Waals surface area contributed by atoms with Gasteiger partial charge >= 0.3 is 12.1 Å². The lowest BCUT2D eigenvalue weighted by atomic mass is 10.0. The quantitative estimate of drug-likeness (QED) is 0.836. The topological polar surface area (TPSA) is 66.4 Å². The standard InChI is InChI=1S/C12H10F5NO3/c1-11(10(20)21,12(15,16)17)18-9(19)5-6-2-3-7(13)8(14)4-6/h2-4H,5H2,1H3,(H,18,19)(H,20,21). The molecule has 2 N–H and O–H groups in total. The SMILES string of the molecule is CC(NC(=O)Cc1ccc(F)c(F)c1)(C(=O)O)C(F)(F)F. The van der Waals surface area contributed by atoms with E-state index in [1.165, 1.54) is 5.32 Å². The Morgan fingerprint density at radius 1 is 1.19 bits per heavy atom. The summed E-state index contributed by atoms with van der Waals surface area (Å²) in [5.41, 5.74) is -3.57. The molecule has 9 heteroatoms. The first-order chi connectivity index (χ1) is 9.47. The van der Waals surface area contributed by atoms with Crippen molar-refractivity contribution in [2.45, 2.75) is 25.1 Å². The van der Waals surface area contributed by atoms with Gasteiger partial charge in [0.15, 0.2) is 11.6 Å². The van der Waals surface area contributed by atoms with Gasteiger partial charge in [-0.15, -0.1) is 0 Å². The van der Waals surface area contributed by atoms with Crippen LogP contribution in [0.25, 0.3) is 0 Å². The fourth-order valence-corrected chi connectivity index (χ4v) is 1.40. The first kappa shape index (κ1) is 16.9. The first-order valence-electron chi connectivity index (χ1n) is 5.52. The van der Waals surface area contributed by atoms with Crippen molar-refractivity contribution in [3.05, 3.63) is 35.4 Å². The van der Waals surface area contributed by atoms with Crippen molar-refractivity contribution in [2.75, 3.05) is 0 Å². The molecule has 0 fully saturated rings. The van der Waals surface area contributed by atoms with Crippen LogP contribution in [0.1, 0.15) is 12.5 Å². The van der Waals surface area contributed by atoms with Crippen LogP contribution in [0.3, 0.4) is 0 Å². The van der Waals surface area contributed by atoms with Crippen LogP contribution in [-0.2, 0) is 16.0 Å². The summed E-state index contributed by atoms with van der Waals surface area (Å²) in [6.07, 6.45) is -5.95. The van der Waals surface area contributed by atoms with Gasteiger partial charge in [0.2, 0.25) is 11.4 Å². The lowest BCUT2D eigenvalue weighted by Crippen LogP contribution is -2.62. The largest absolute Gasteiger partial charge is 0.479 e. The Morgan fingerprint density at radius 3 is 2.19 bits per heavy atom. The Morgan fingerprint density at radius 2 is 1.76 bits per heavy atom. The van der Waals surface area contributed by atoms with E-state index in [0.717, 1.165) is 6.07 Å². The van der Waals surface area contributed by atoms with Crippen LogP contribution in [0.5, 0.6) is 0 Å². The van der Waals surface area contributed by atoms with Crippen molar-refractivity contribution >= 4 is 11.9 Å². The molecule has 0 aliphatic heterocycles. The molecule has 4 nitrogen and oxygen atoms in total. The molecule has 1 unspecified atom stereocenters. The fourth-order valence-electron chi connectivity index (χ4n) is 1.40. The number of hydrogen-bond acceptors (Lipinski definition) is 2. The summed E-state index contributed by atoms with van der Waals surface area (Å²) in [6.45, 7) is 0.290. The zero-order valence-corrected chi connectivity index (χ0v) is 10.6. The van der Waals surface area contributed by atoms with Gasteiger partial charge in [-0.2, -0.15) is 13.2 Å². The average molecular weight is 311 g/mol. The van der Waals surface area contributed by atoms with E-state index < -0.39 is 41.6 Å². The van der Waals surface area contributed by atoms with Gasteiger partial charge in [-0.05, 0) is 24.6 Å². The molecule has 1 rings (SSSR count). The van der Waals surface area contributed by atoms with Crippen LogP contribution < -0.4 is 5.32 Å². The number of aliphatic carboxylic acids is 1. The maximum Gasteiger partial charge on any atom is 0.422 e. The molecule has 0 heterocycles. The Kier molecular flexibility index (Phi) is 4.55. The van der Waals surface area contributed by atoms with Crippen molar-refractivity contribution in [3.8, 4) is 0 Å². The molecule has 1 amide bonds. The van der Waals surface area contributed by atoms with Gasteiger partial charge in [0.05, 0.1) is 6.42 Å². The van der Waals surface area contributed by atoms with Crippen LogP contribution >= 0.6 is 0 Å². The number of nitrogens with one attached hydrogen (secondary N) is 1. The van der Waals surface area contributed by atoms with Gasteiger partial charge in [-0.25, -0.2) is 13.6 Å². The Balaban J connectivity index is 2.89. The first-order valence-corrected chi connectivity index (χ1v) is 5.52. The minimum atomic E-state index is -5.22. The molecule has 0 aromatic heterocycles. The number of carbonyl (C=O) groups excluding carboxylic acids is 1. The van der Waals surface area contributed by atoms with Crippen molar-refractivity contribution in [1.82, 2.24) is 5.32 Å². The molecule has 0 aliphatic carbocycles. The second-order valence-corrected chi connectivity index (χ2v) is 4.40. The predicted molar refractivity (Wildman–Crippen MR) is 60.3 cm³/mol. The summed E-state index contributed by atoms with van der Waals surface area (Å²) in [4.78, 5) is 22.2. The molecule has 1 aromatic carbocycles. The molecule has 0 saturated carbocycles. The summed E-state index contributed by atoms with van der Waals surface area (Å²) in [5.74, 6) is -6.01. The highest BCUT2D eigenvalue weighted by molar-refractivity contribution is 5.88. The Labute approximate surface area is 115 Å². The van der Waals surface area contributed by atoms with Gasteiger partial charge in [-0.3, -0.25) is 4.79 Å². The maximum atomic E-state index is 12.9. The van der Waals surface area contributed by atoms with Crippen LogP contribution in [0.2, 0.25) is 0 Å². The number of rotatable bonds is 4. The number of hydrogen-bond donors (Lipinski definition) is 2. The molecule has 1 atom stereocenters. The lowest BCUT2D eigenvalue weighted by molar-refractivity contribution is -0.206. The summed E-state index contributed by atoms with van der Waals surface area (Å²) < 4.78 is 63.6. The summed E-state index contributed by atoms with van der Waals surface area (Å²) in [5, 5.41) is 9.95. The number of amides is 1. The zero-order valence-electron chi connectivity index (χ0n) is 10.6. The van der Waals surface area contributed by atoms with E-state index >= 15 is 0 Å². The Bertz CT molecular complexity index is 573. The third kappa shape index (κ3) is 3.67. The molecule has 0 saturated heterocycles.